The van der Waals surface area contributed by atoms with E-state index >= 15 is 0 Å². The Hall–Kier alpha value is -3.02. The summed E-state index contributed by atoms with van der Waals surface area (Å²) in [6.07, 6.45) is 6.15. The van der Waals surface area contributed by atoms with Crippen LogP contribution >= 0.6 is 0 Å². The molecule has 1 aromatic heterocycles. The third-order valence-electron chi connectivity index (χ3n) is 6.40. The van der Waals surface area contributed by atoms with Gasteiger partial charge in [-0.2, -0.15) is 0 Å². The molecular formula is C30H39N3O2. The molecule has 0 aliphatic carbocycles. The molecule has 35 heavy (non-hydrogen) atoms. The number of hydrogen-bond acceptors (Lipinski definition) is 5. The molecule has 1 fully saturated rings. The Morgan fingerprint density at radius 2 is 1.66 bits per heavy atom. The van der Waals surface area contributed by atoms with Crippen LogP contribution in [0.1, 0.15) is 60.7 Å². The predicted octanol–water partition coefficient (Wildman–Crippen LogP) is 5.78. The van der Waals surface area contributed by atoms with E-state index in [9.17, 15) is 9.90 Å². The largest absolute Gasteiger partial charge is 0.387 e. The lowest BCUT2D eigenvalue weighted by Crippen LogP contribution is -2.35. The van der Waals surface area contributed by atoms with Crippen LogP contribution in [0.4, 0.5) is 5.82 Å². The van der Waals surface area contributed by atoms with E-state index in [1.54, 1.807) is 6.20 Å². The number of pyridine rings is 1. The van der Waals surface area contributed by atoms with E-state index in [1.165, 1.54) is 24.8 Å². The molecule has 0 saturated carbocycles. The molecule has 186 valence electrons. The maximum atomic E-state index is 12.4. The number of carbonyl (C=O) groups is 1. The standard InChI is InChI=1S/C17H25NO.C13H14N2O/c1-3-15-7-9-16(10-8-15)17(19)14(2)13-18-11-5-4-6-12-18;16-12(11-6-2-1-3-7-11)10-15-13-8-4-5-9-14-13/h7-10,14H,3-6,11-13H2,1-2H3;1-9,12,16H,10H2,(H,14,15). The fourth-order valence-electron chi connectivity index (χ4n) is 4.26. The highest BCUT2D eigenvalue weighted by Crippen LogP contribution is 2.16. The van der Waals surface area contributed by atoms with Gasteiger partial charge in [-0.25, -0.2) is 4.98 Å². The number of aliphatic hydroxyl groups excluding tert-OH is 1. The van der Waals surface area contributed by atoms with Crippen molar-refractivity contribution in [3.05, 3.63) is 95.7 Å². The number of benzene rings is 2. The average molecular weight is 474 g/mol. The summed E-state index contributed by atoms with van der Waals surface area (Å²) in [4.78, 5) is 19.0. The predicted molar refractivity (Wildman–Crippen MR) is 144 cm³/mol. The summed E-state index contributed by atoms with van der Waals surface area (Å²) in [7, 11) is 0. The van der Waals surface area contributed by atoms with Crippen molar-refractivity contribution in [3.8, 4) is 0 Å². The van der Waals surface area contributed by atoms with Crippen LogP contribution in [0.25, 0.3) is 0 Å². The number of aryl methyl sites for hydroxylation is 1. The first-order valence-corrected chi connectivity index (χ1v) is 12.8. The van der Waals surface area contributed by atoms with Gasteiger partial charge < -0.3 is 15.3 Å². The van der Waals surface area contributed by atoms with Crippen molar-refractivity contribution in [3.63, 3.8) is 0 Å². The summed E-state index contributed by atoms with van der Waals surface area (Å²) in [5.41, 5.74) is 3.06. The Morgan fingerprint density at radius 1 is 0.971 bits per heavy atom. The van der Waals surface area contributed by atoms with Gasteiger partial charge in [0, 0.05) is 30.8 Å². The Balaban J connectivity index is 0.000000198. The number of anilines is 1. The van der Waals surface area contributed by atoms with Crippen molar-refractivity contribution in [1.82, 2.24) is 9.88 Å². The normalized spacial score (nSPS) is 15.4. The second-order valence-corrected chi connectivity index (χ2v) is 9.20. The lowest BCUT2D eigenvalue weighted by molar-refractivity contribution is 0.0883. The van der Waals surface area contributed by atoms with Crippen molar-refractivity contribution < 1.29 is 9.90 Å². The second-order valence-electron chi connectivity index (χ2n) is 9.20. The maximum Gasteiger partial charge on any atom is 0.166 e. The lowest BCUT2D eigenvalue weighted by atomic mass is 9.97. The van der Waals surface area contributed by atoms with Crippen LogP contribution in [0.3, 0.4) is 0 Å². The molecule has 2 heterocycles. The topological polar surface area (TPSA) is 65.5 Å². The molecular weight excluding hydrogens is 434 g/mol. The molecule has 2 N–H and O–H groups in total. The molecule has 2 aromatic carbocycles. The highest BCUT2D eigenvalue weighted by atomic mass is 16.3. The van der Waals surface area contributed by atoms with E-state index in [2.05, 4.69) is 41.2 Å². The highest BCUT2D eigenvalue weighted by Gasteiger charge is 2.19. The summed E-state index contributed by atoms with van der Waals surface area (Å²) < 4.78 is 0. The van der Waals surface area contributed by atoms with Gasteiger partial charge in [0.2, 0.25) is 0 Å². The summed E-state index contributed by atoms with van der Waals surface area (Å²) in [5.74, 6) is 1.16. The summed E-state index contributed by atoms with van der Waals surface area (Å²) >= 11 is 0. The Morgan fingerprint density at radius 3 is 2.29 bits per heavy atom. The molecule has 5 heteroatoms. The quantitative estimate of drug-likeness (QED) is 0.386. The van der Waals surface area contributed by atoms with Crippen LogP contribution in [-0.4, -0.2) is 47.0 Å². The summed E-state index contributed by atoms with van der Waals surface area (Å²) in [6, 6.07) is 23.3. The molecule has 4 rings (SSSR count). The van der Waals surface area contributed by atoms with Crippen LogP contribution in [0.15, 0.2) is 79.0 Å². The van der Waals surface area contributed by atoms with Crippen LogP contribution in [0, 0.1) is 5.92 Å². The van der Waals surface area contributed by atoms with Gasteiger partial charge in [-0.05, 0) is 55.6 Å². The first kappa shape index (κ1) is 26.6. The van der Waals surface area contributed by atoms with Crippen LogP contribution < -0.4 is 5.32 Å². The van der Waals surface area contributed by atoms with E-state index in [1.807, 2.05) is 60.7 Å². The number of ketones is 1. The van der Waals surface area contributed by atoms with Gasteiger partial charge in [0.25, 0.3) is 0 Å². The van der Waals surface area contributed by atoms with Gasteiger partial charge in [0.15, 0.2) is 5.78 Å². The summed E-state index contributed by atoms with van der Waals surface area (Å²) in [6.45, 7) is 7.88. The minimum Gasteiger partial charge on any atom is -0.387 e. The number of likely N-dealkylation sites (tertiary alicyclic amines) is 1. The van der Waals surface area contributed by atoms with Crippen molar-refractivity contribution in [1.29, 1.82) is 0 Å². The number of piperidine rings is 1. The first-order chi connectivity index (χ1) is 17.1. The molecule has 0 radical (unpaired) electrons. The zero-order valence-electron chi connectivity index (χ0n) is 21.1. The highest BCUT2D eigenvalue weighted by molar-refractivity contribution is 5.97. The van der Waals surface area contributed by atoms with Crippen molar-refractivity contribution in [2.45, 2.75) is 45.6 Å². The van der Waals surface area contributed by atoms with Gasteiger partial charge in [-0.15, -0.1) is 0 Å². The number of Topliss-reactive ketones (excluding diaryl/α,β-unsaturated/α-hetero) is 1. The molecule has 1 saturated heterocycles. The van der Waals surface area contributed by atoms with Gasteiger partial charge >= 0.3 is 0 Å². The molecule has 0 spiro atoms. The SMILES string of the molecule is CCc1ccc(C(=O)C(C)CN2CCCCC2)cc1.OC(CNc1ccccn1)c1ccccc1. The van der Waals surface area contributed by atoms with E-state index in [0.717, 1.165) is 43.0 Å². The fourth-order valence-corrected chi connectivity index (χ4v) is 4.26. The van der Waals surface area contributed by atoms with Gasteiger partial charge in [0.1, 0.15) is 5.82 Å². The van der Waals surface area contributed by atoms with Crippen LogP contribution in [-0.2, 0) is 6.42 Å². The third kappa shape index (κ3) is 8.93. The number of rotatable bonds is 9. The molecule has 2 unspecified atom stereocenters. The zero-order chi connectivity index (χ0) is 24.9. The Labute approximate surface area is 210 Å². The maximum absolute atomic E-state index is 12.4. The van der Waals surface area contributed by atoms with Gasteiger partial charge in [0.05, 0.1) is 6.10 Å². The number of hydrogen-bond donors (Lipinski definition) is 2. The number of aromatic nitrogens is 1. The minimum atomic E-state index is -0.511. The molecule has 1 aliphatic rings. The smallest absolute Gasteiger partial charge is 0.166 e. The Bertz CT molecular complexity index is 987. The van der Waals surface area contributed by atoms with Crippen LogP contribution in [0.2, 0.25) is 0 Å². The molecule has 0 amide bonds. The number of carbonyl (C=O) groups excluding carboxylic acids is 1. The third-order valence-corrected chi connectivity index (χ3v) is 6.40. The lowest BCUT2D eigenvalue weighted by Gasteiger charge is -2.28. The van der Waals surface area contributed by atoms with Crippen molar-refractivity contribution in [2.75, 3.05) is 31.5 Å². The van der Waals surface area contributed by atoms with E-state index in [-0.39, 0.29) is 11.7 Å². The molecule has 3 aromatic rings. The van der Waals surface area contributed by atoms with Crippen molar-refractivity contribution >= 4 is 11.6 Å². The van der Waals surface area contributed by atoms with E-state index in [4.69, 9.17) is 0 Å². The van der Waals surface area contributed by atoms with Crippen LogP contribution in [0.5, 0.6) is 0 Å². The number of nitrogens with zero attached hydrogens (tertiary/aromatic N) is 2. The monoisotopic (exact) mass is 473 g/mol. The first-order valence-electron chi connectivity index (χ1n) is 12.8. The zero-order valence-corrected chi connectivity index (χ0v) is 21.1. The van der Waals surface area contributed by atoms with Gasteiger partial charge in [-0.3, -0.25) is 4.79 Å². The minimum absolute atomic E-state index is 0.102. The molecule has 1 aliphatic heterocycles. The van der Waals surface area contributed by atoms with Gasteiger partial charge in [-0.1, -0.05) is 80.9 Å². The van der Waals surface area contributed by atoms with E-state index < -0.39 is 6.10 Å². The number of nitrogens with one attached hydrogen (secondary N) is 1. The van der Waals surface area contributed by atoms with E-state index in [0.29, 0.717) is 6.54 Å². The summed E-state index contributed by atoms with van der Waals surface area (Å²) in [5, 5.41) is 13.0. The average Bonchev–Trinajstić information content (AvgIpc) is 2.93. The molecule has 5 nitrogen and oxygen atoms in total. The second kappa shape index (κ2) is 14.4. The van der Waals surface area contributed by atoms with Crippen molar-refractivity contribution in [2.24, 2.45) is 5.92 Å². The molecule has 0 bridgehead atoms. The fraction of sp³-hybridized carbons (Fsp3) is 0.400. The number of aliphatic hydroxyl groups is 1. The Kier molecular flexibility index (Phi) is 10.9. The molecule has 2 atom stereocenters.